The van der Waals surface area contributed by atoms with E-state index < -0.39 is 5.97 Å². The van der Waals surface area contributed by atoms with Crippen LogP contribution in [0.1, 0.15) is 65.4 Å². The van der Waals surface area contributed by atoms with Gasteiger partial charge in [0, 0.05) is 29.2 Å². The van der Waals surface area contributed by atoms with E-state index in [9.17, 15) is 4.79 Å². The number of rotatable bonds is 6. The molecule has 1 aliphatic carbocycles. The van der Waals surface area contributed by atoms with Gasteiger partial charge in [-0.15, -0.1) is 0 Å². The van der Waals surface area contributed by atoms with Crippen LogP contribution in [0.25, 0.3) is 11.3 Å². The fraction of sp³-hybridized carbons (Fsp3) is 0.360. The highest BCUT2D eigenvalue weighted by molar-refractivity contribution is 5.88. The van der Waals surface area contributed by atoms with E-state index in [1.54, 1.807) is 12.1 Å². The second kappa shape index (κ2) is 8.74. The van der Waals surface area contributed by atoms with Gasteiger partial charge in [-0.3, -0.25) is 4.98 Å². The number of carboxylic acid groups (broad SMARTS) is 1. The molecule has 3 aromatic rings. The van der Waals surface area contributed by atoms with Gasteiger partial charge in [-0.05, 0) is 74.6 Å². The Kier molecular flexibility index (Phi) is 5.88. The van der Waals surface area contributed by atoms with Crippen molar-refractivity contribution in [1.82, 2.24) is 4.98 Å². The van der Waals surface area contributed by atoms with Crippen molar-refractivity contribution in [1.29, 1.82) is 0 Å². The van der Waals surface area contributed by atoms with E-state index in [4.69, 9.17) is 9.52 Å². The van der Waals surface area contributed by atoms with Gasteiger partial charge in [-0.2, -0.15) is 0 Å². The topological polar surface area (TPSA) is 75.4 Å². The summed E-state index contributed by atoms with van der Waals surface area (Å²) >= 11 is 0. The van der Waals surface area contributed by atoms with E-state index in [0.717, 1.165) is 28.3 Å². The van der Waals surface area contributed by atoms with E-state index in [0.29, 0.717) is 11.5 Å². The molecule has 1 unspecified atom stereocenters. The first-order chi connectivity index (χ1) is 14.5. The van der Waals surface area contributed by atoms with Crippen LogP contribution in [-0.4, -0.2) is 16.1 Å². The number of aromatic carboxylic acids is 1. The number of nitrogens with zero attached hydrogens (tertiary/aromatic N) is 1. The number of nitrogens with one attached hydrogen (secondary N) is 1. The summed E-state index contributed by atoms with van der Waals surface area (Å²) in [7, 11) is 0. The number of aromatic nitrogens is 1. The average molecular weight is 405 g/mol. The number of furan rings is 1. The Morgan fingerprint density at radius 3 is 2.50 bits per heavy atom. The first-order valence-electron chi connectivity index (χ1n) is 10.6. The molecule has 5 heteroatoms. The summed E-state index contributed by atoms with van der Waals surface area (Å²) in [6.45, 7) is 4.05. The van der Waals surface area contributed by atoms with Crippen LogP contribution in [0.5, 0.6) is 0 Å². The summed E-state index contributed by atoms with van der Waals surface area (Å²) in [6.07, 6.45) is 9.81. The van der Waals surface area contributed by atoms with Gasteiger partial charge in [0.25, 0.3) is 0 Å². The molecule has 1 aromatic carbocycles. The van der Waals surface area contributed by atoms with Crippen LogP contribution in [0.3, 0.4) is 0 Å². The zero-order valence-electron chi connectivity index (χ0n) is 17.5. The van der Waals surface area contributed by atoms with E-state index >= 15 is 0 Å². The molecule has 30 heavy (non-hydrogen) atoms. The number of aryl methyl sites for hydroxylation is 2. The summed E-state index contributed by atoms with van der Waals surface area (Å²) in [5.74, 6) is 1.35. The van der Waals surface area contributed by atoms with Crippen molar-refractivity contribution in [3.05, 3.63) is 71.2 Å². The molecule has 2 N–H and O–H groups in total. The predicted molar refractivity (Wildman–Crippen MR) is 118 cm³/mol. The molecule has 156 valence electrons. The quantitative estimate of drug-likeness (QED) is 0.498. The Bertz CT molecular complexity index is 1020. The van der Waals surface area contributed by atoms with E-state index in [1.165, 1.54) is 37.7 Å². The molecule has 0 saturated heterocycles. The maximum absolute atomic E-state index is 11.2. The van der Waals surface area contributed by atoms with Gasteiger partial charge in [0.1, 0.15) is 11.5 Å². The SMILES string of the molecule is Cc1cncc(-c2cc(C(Nc3ccc(C(=O)O)cc3)C3CCCCC3)c(C)o2)c1. The van der Waals surface area contributed by atoms with Gasteiger partial charge < -0.3 is 14.8 Å². The highest BCUT2D eigenvalue weighted by Gasteiger charge is 2.28. The lowest BCUT2D eigenvalue weighted by Crippen LogP contribution is -2.23. The highest BCUT2D eigenvalue weighted by atomic mass is 16.4. The fourth-order valence-electron chi connectivity index (χ4n) is 4.44. The van der Waals surface area contributed by atoms with Crippen LogP contribution in [0.4, 0.5) is 5.69 Å². The Morgan fingerprint density at radius 2 is 1.83 bits per heavy atom. The lowest BCUT2D eigenvalue weighted by Gasteiger charge is -2.31. The van der Waals surface area contributed by atoms with Gasteiger partial charge >= 0.3 is 5.97 Å². The van der Waals surface area contributed by atoms with Gasteiger partial charge in [-0.1, -0.05) is 19.3 Å². The maximum Gasteiger partial charge on any atom is 0.335 e. The van der Waals surface area contributed by atoms with Crippen molar-refractivity contribution in [3.63, 3.8) is 0 Å². The van der Waals surface area contributed by atoms with Crippen molar-refractivity contribution >= 4 is 11.7 Å². The molecule has 1 fully saturated rings. The van der Waals surface area contributed by atoms with Crippen LogP contribution in [-0.2, 0) is 0 Å². The maximum atomic E-state index is 11.2. The Balaban J connectivity index is 1.66. The molecule has 0 bridgehead atoms. The smallest absolute Gasteiger partial charge is 0.335 e. The summed E-state index contributed by atoms with van der Waals surface area (Å²) < 4.78 is 6.16. The van der Waals surface area contributed by atoms with Crippen LogP contribution < -0.4 is 5.32 Å². The number of hydrogen-bond acceptors (Lipinski definition) is 4. The molecule has 0 amide bonds. The zero-order chi connectivity index (χ0) is 21.1. The molecule has 2 aromatic heterocycles. The zero-order valence-corrected chi connectivity index (χ0v) is 17.5. The normalized spacial score (nSPS) is 15.7. The van der Waals surface area contributed by atoms with Crippen LogP contribution in [0.15, 0.2) is 53.2 Å². The third-order valence-corrected chi connectivity index (χ3v) is 6.03. The number of carboxylic acids is 1. The third kappa shape index (κ3) is 4.40. The van der Waals surface area contributed by atoms with E-state index in [2.05, 4.69) is 22.4 Å². The van der Waals surface area contributed by atoms with Crippen molar-refractivity contribution in [2.75, 3.05) is 5.32 Å². The molecule has 1 atom stereocenters. The van der Waals surface area contributed by atoms with E-state index in [1.807, 2.05) is 38.4 Å². The number of hydrogen-bond donors (Lipinski definition) is 2. The third-order valence-electron chi connectivity index (χ3n) is 6.03. The highest BCUT2D eigenvalue weighted by Crippen LogP contribution is 2.40. The van der Waals surface area contributed by atoms with Crippen LogP contribution in [0, 0.1) is 19.8 Å². The number of carbonyl (C=O) groups is 1. The second-order valence-corrected chi connectivity index (χ2v) is 8.28. The van der Waals surface area contributed by atoms with Gasteiger partial charge in [0.05, 0.1) is 11.6 Å². The van der Waals surface area contributed by atoms with Crippen LogP contribution >= 0.6 is 0 Å². The largest absolute Gasteiger partial charge is 0.478 e. The summed E-state index contributed by atoms with van der Waals surface area (Å²) in [5.41, 5.74) is 4.47. The molecule has 5 nitrogen and oxygen atoms in total. The lowest BCUT2D eigenvalue weighted by molar-refractivity contribution is 0.0697. The number of pyridine rings is 1. The minimum atomic E-state index is -0.910. The molecule has 2 heterocycles. The summed E-state index contributed by atoms with van der Waals surface area (Å²) in [5, 5.41) is 12.8. The van der Waals surface area contributed by atoms with Gasteiger partial charge in [0.15, 0.2) is 0 Å². The molecule has 0 spiro atoms. The standard InChI is InChI=1S/C25H28N2O3/c1-16-12-20(15-26-14-16)23-13-22(17(2)30-23)24(18-6-4-3-5-7-18)27-21-10-8-19(9-11-21)25(28)29/h8-15,18,24,27H,3-7H2,1-2H3,(H,28,29). The number of anilines is 1. The van der Waals surface area contributed by atoms with Gasteiger partial charge in [-0.25, -0.2) is 4.79 Å². The average Bonchev–Trinajstić information content (AvgIpc) is 3.14. The Morgan fingerprint density at radius 1 is 1.10 bits per heavy atom. The Hall–Kier alpha value is -3.08. The minimum Gasteiger partial charge on any atom is -0.478 e. The molecular formula is C25H28N2O3. The first kappa shape index (κ1) is 20.2. The van der Waals surface area contributed by atoms with Crippen molar-refractivity contribution in [3.8, 4) is 11.3 Å². The first-order valence-corrected chi connectivity index (χ1v) is 10.6. The van der Waals surface area contributed by atoms with Gasteiger partial charge in [0.2, 0.25) is 0 Å². The molecule has 1 aliphatic rings. The molecule has 1 saturated carbocycles. The lowest BCUT2D eigenvalue weighted by atomic mass is 9.81. The molecule has 4 rings (SSSR count). The second-order valence-electron chi connectivity index (χ2n) is 8.28. The summed E-state index contributed by atoms with van der Waals surface area (Å²) in [6, 6.07) is 11.3. The van der Waals surface area contributed by atoms with Crippen molar-refractivity contribution in [2.45, 2.75) is 52.0 Å². The molecule has 0 aliphatic heterocycles. The number of benzene rings is 1. The minimum absolute atomic E-state index is 0.122. The monoisotopic (exact) mass is 404 g/mol. The molecular weight excluding hydrogens is 376 g/mol. The predicted octanol–water partition coefficient (Wildman–Crippen LogP) is 6.39. The van der Waals surface area contributed by atoms with Crippen molar-refractivity contribution in [2.24, 2.45) is 5.92 Å². The summed E-state index contributed by atoms with van der Waals surface area (Å²) in [4.78, 5) is 15.5. The van der Waals surface area contributed by atoms with Crippen LogP contribution in [0.2, 0.25) is 0 Å². The van der Waals surface area contributed by atoms with Crippen molar-refractivity contribution < 1.29 is 14.3 Å². The van der Waals surface area contributed by atoms with E-state index in [-0.39, 0.29) is 6.04 Å². The molecule has 0 radical (unpaired) electrons. The Labute approximate surface area is 177 Å². The fourth-order valence-corrected chi connectivity index (χ4v) is 4.44.